The molecule has 3 rings (SSSR count). The van der Waals surface area contributed by atoms with Crippen molar-refractivity contribution in [3.63, 3.8) is 0 Å². The fourth-order valence-electron chi connectivity index (χ4n) is 1.62. The highest BCUT2D eigenvalue weighted by Crippen LogP contribution is 2.33. The molecular formula is C11H8N2O. The van der Waals surface area contributed by atoms with E-state index in [9.17, 15) is 0 Å². The van der Waals surface area contributed by atoms with Crippen molar-refractivity contribution in [3.05, 3.63) is 47.7 Å². The van der Waals surface area contributed by atoms with Crippen molar-refractivity contribution < 1.29 is 4.74 Å². The van der Waals surface area contributed by atoms with Gasteiger partial charge in [0.05, 0.1) is 6.20 Å². The van der Waals surface area contributed by atoms with Gasteiger partial charge in [0.15, 0.2) is 0 Å². The lowest BCUT2D eigenvalue weighted by atomic mass is 10.0. The fraction of sp³-hybridized carbons (Fsp3) is 0.0909. The van der Waals surface area contributed by atoms with Crippen LogP contribution in [0.4, 0.5) is 0 Å². The normalized spacial score (nSPS) is 12.6. The molecule has 0 saturated carbocycles. The molecule has 0 aliphatic carbocycles. The van der Waals surface area contributed by atoms with E-state index in [1.54, 1.807) is 6.20 Å². The summed E-state index contributed by atoms with van der Waals surface area (Å²) in [5, 5.41) is 7.74. The van der Waals surface area contributed by atoms with Gasteiger partial charge in [-0.25, -0.2) is 0 Å². The van der Waals surface area contributed by atoms with Crippen LogP contribution in [-0.4, -0.2) is 10.2 Å². The zero-order chi connectivity index (χ0) is 9.38. The molecule has 0 radical (unpaired) electrons. The van der Waals surface area contributed by atoms with Crippen LogP contribution in [0.2, 0.25) is 0 Å². The summed E-state index contributed by atoms with van der Waals surface area (Å²) in [6.07, 6.45) is 2.57. The minimum Gasteiger partial charge on any atom is -0.437 e. The molecule has 1 aromatic heterocycles. The maximum absolute atomic E-state index is 5.60. The van der Waals surface area contributed by atoms with Crippen LogP contribution in [0.25, 0.3) is 0 Å². The number of hydrogen-bond acceptors (Lipinski definition) is 3. The third-order valence-electron chi connectivity index (χ3n) is 2.33. The first-order valence-corrected chi connectivity index (χ1v) is 4.50. The van der Waals surface area contributed by atoms with E-state index in [-0.39, 0.29) is 0 Å². The Balaban J connectivity index is 2.12. The molecule has 3 heteroatoms. The van der Waals surface area contributed by atoms with Crippen molar-refractivity contribution in [1.29, 1.82) is 0 Å². The zero-order valence-corrected chi connectivity index (χ0v) is 7.47. The number of benzene rings is 1. The van der Waals surface area contributed by atoms with E-state index in [2.05, 4.69) is 16.3 Å². The minimum absolute atomic E-state index is 0.631. The van der Waals surface area contributed by atoms with Crippen LogP contribution in [-0.2, 0) is 6.42 Å². The Kier molecular flexibility index (Phi) is 1.50. The molecule has 0 spiro atoms. The Morgan fingerprint density at radius 1 is 1.07 bits per heavy atom. The average molecular weight is 184 g/mol. The molecule has 0 bridgehead atoms. The highest BCUT2D eigenvalue weighted by molar-refractivity contribution is 5.45. The van der Waals surface area contributed by atoms with Crippen LogP contribution in [0.1, 0.15) is 11.1 Å². The Morgan fingerprint density at radius 2 is 2.00 bits per heavy atom. The number of ether oxygens (including phenoxy) is 1. The Bertz CT molecular complexity index is 395. The summed E-state index contributed by atoms with van der Waals surface area (Å²) in [6.45, 7) is 0. The van der Waals surface area contributed by atoms with Gasteiger partial charge in [0.1, 0.15) is 5.75 Å². The first-order valence-electron chi connectivity index (χ1n) is 4.50. The van der Waals surface area contributed by atoms with Crippen molar-refractivity contribution in [2.45, 2.75) is 6.42 Å². The smallest absolute Gasteiger partial charge is 0.242 e. The van der Waals surface area contributed by atoms with Crippen molar-refractivity contribution >= 4 is 0 Å². The number of fused-ring (bicyclic) bond motifs is 2. The molecule has 0 N–H and O–H groups in total. The van der Waals surface area contributed by atoms with E-state index in [1.807, 2.05) is 24.3 Å². The lowest BCUT2D eigenvalue weighted by molar-refractivity contribution is 0.433. The maximum Gasteiger partial charge on any atom is 0.242 e. The quantitative estimate of drug-likeness (QED) is 0.537. The first-order chi connectivity index (χ1) is 6.93. The number of hydrogen-bond donors (Lipinski definition) is 0. The molecule has 0 unspecified atom stereocenters. The molecular weight excluding hydrogens is 176 g/mol. The molecule has 0 saturated heterocycles. The van der Waals surface area contributed by atoms with E-state index in [0.717, 1.165) is 17.7 Å². The predicted octanol–water partition coefficient (Wildman–Crippen LogP) is 2.17. The Labute approximate surface area is 81.4 Å². The van der Waals surface area contributed by atoms with Crippen LogP contribution < -0.4 is 4.74 Å². The predicted molar refractivity (Wildman–Crippen MR) is 51.4 cm³/mol. The van der Waals surface area contributed by atoms with Crippen molar-refractivity contribution in [1.82, 2.24) is 10.2 Å². The molecule has 0 atom stereocenters. The second kappa shape index (κ2) is 2.80. The molecule has 0 fully saturated rings. The summed E-state index contributed by atoms with van der Waals surface area (Å²) >= 11 is 0. The molecule has 1 aliphatic rings. The molecule has 14 heavy (non-hydrogen) atoms. The van der Waals surface area contributed by atoms with Gasteiger partial charge >= 0.3 is 0 Å². The van der Waals surface area contributed by atoms with Crippen LogP contribution in [0.15, 0.2) is 36.5 Å². The summed E-state index contributed by atoms with van der Waals surface area (Å²) < 4.78 is 5.60. The van der Waals surface area contributed by atoms with E-state index in [1.165, 1.54) is 5.56 Å². The van der Waals surface area contributed by atoms with E-state index < -0.39 is 0 Å². The highest BCUT2D eigenvalue weighted by atomic mass is 16.5. The van der Waals surface area contributed by atoms with Gasteiger partial charge in [-0.1, -0.05) is 18.2 Å². The second-order valence-corrected chi connectivity index (χ2v) is 3.25. The molecule has 2 aromatic rings. The first kappa shape index (κ1) is 7.50. The van der Waals surface area contributed by atoms with E-state index in [0.29, 0.717) is 5.88 Å². The Morgan fingerprint density at radius 3 is 3.00 bits per heavy atom. The lowest BCUT2D eigenvalue weighted by Gasteiger charge is -2.17. The molecule has 2 heterocycles. The largest absolute Gasteiger partial charge is 0.437 e. The van der Waals surface area contributed by atoms with Gasteiger partial charge in [-0.15, -0.1) is 5.10 Å². The van der Waals surface area contributed by atoms with Gasteiger partial charge < -0.3 is 4.74 Å². The van der Waals surface area contributed by atoms with Gasteiger partial charge in [0, 0.05) is 12.0 Å². The number of para-hydroxylation sites is 1. The Hall–Kier alpha value is -1.90. The van der Waals surface area contributed by atoms with Crippen molar-refractivity contribution in [3.8, 4) is 11.6 Å². The second-order valence-electron chi connectivity index (χ2n) is 3.25. The highest BCUT2D eigenvalue weighted by Gasteiger charge is 2.16. The maximum atomic E-state index is 5.60. The standard InChI is InChI=1S/C11H8N2O/c1-2-4-10-8(3-1)7-9-5-6-12-13-11(9)14-10/h1-6H,7H2. The molecule has 68 valence electrons. The summed E-state index contributed by atoms with van der Waals surface area (Å²) in [5.74, 6) is 1.52. The number of nitrogens with zero attached hydrogens (tertiary/aromatic N) is 2. The van der Waals surface area contributed by atoms with Crippen molar-refractivity contribution in [2.24, 2.45) is 0 Å². The van der Waals surface area contributed by atoms with Gasteiger partial charge in [-0.3, -0.25) is 0 Å². The number of rotatable bonds is 0. The SMILES string of the molecule is c1ccc2c(c1)Cc1ccnnc1O2. The molecule has 3 nitrogen and oxygen atoms in total. The summed E-state index contributed by atoms with van der Waals surface area (Å²) in [6, 6.07) is 9.94. The van der Waals surface area contributed by atoms with E-state index >= 15 is 0 Å². The number of aromatic nitrogens is 2. The monoisotopic (exact) mass is 184 g/mol. The minimum atomic E-state index is 0.631. The van der Waals surface area contributed by atoms with Crippen LogP contribution in [0.5, 0.6) is 11.6 Å². The lowest BCUT2D eigenvalue weighted by Crippen LogP contribution is -2.04. The molecule has 1 aliphatic heterocycles. The average Bonchev–Trinajstić information content (AvgIpc) is 2.26. The van der Waals surface area contributed by atoms with Crippen LogP contribution in [0, 0.1) is 0 Å². The van der Waals surface area contributed by atoms with Crippen LogP contribution in [0.3, 0.4) is 0 Å². The third kappa shape index (κ3) is 1.06. The molecule has 1 aromatic carbocycles. The summed E-state index contributed by atoms with van der Waals surface area (Å²) in [4.78, 5) is 0. The van der Waals surface area contributed by atoms with E-state index in [4.69, 9.17) is 4.74 Å². The van der Waals surface area contributed by atoms with Gasteiger partial charge in [-0.05, 0) is 17.7 Å². The van der Waals surface area contributed by atoms with Crippen molar-refractivity contribution in [2.75, 3.05) is 0 Å². The summed E-state index contributed by atoms with van der Waals surface area (Å²) in [5.41, 5.74) is 2.30. The topological polar surface area (TPSA) is 35.0 Å². The zero-order valence-electron chi connectivity index (χ0n) is 7.47. The van der Waals surface area contributed by atoms with Gasteiger partial charge in [-0.2, -0.15) is 5.10 Å². The van der Waals surface area contributed by atoms with Crippen LogP contribution >= 0.6 is 0 Å². The third-order valence-corrected chi connectivity index (χ3v) is 2.33. The summed E-state index contributed by atoms with van der Waals surface area (Å²) in [7, 11) is 0. The fourth-order valence-corrected chi connectivity index (χ4v) is 1.62. The van der Waals surface area contributed by atoms with Gasteiger partial charge in [0.25, 0.3) is 0 Å². The van der Waals surface area contributed by atoms with Gasteiger partial charge in [0.2, 0.25) is 5.88 Å². The molecule has 0 amide bonds.